The maximum atomic E-state index is 12.0. The van der Waals surface area contributed by atoms with Gasteiger partial charge in [-0.1, -0.05) is 0 Å². The Labute approximate surface area is 151 Å². The van der Waals surface area contributed by atoms with Crippen LogP contribution >= 0.6 is 38.6 Å². The van der Waals surface area contributed by atoms with Crippen LogP contribution in [0.3, 0.4) is 0 Å². The molecule has 0 atom stereocenters. The van der Waals surface area contributed by atoms with Gasteiger partial charge in [0.25, 0.3) is 5.91 Å². The molecule has 0 unspecified atom stereocenters. The molecule has 3 rings (SSSR count). The normalized spacial score (nSPS) is 12.9. The van der Waals surface area contributed by atoms with Crippen LogP contribution < -0.4 is 10.9 Å². The number of fused-ring (bicyclic) bond motifs is 1. The van der Waals surface area contributed by atoms with Crippen molar-refractivity contribution in [3.63, 3.8) is 0 Å². The van der Waals surface area contributed by atoms with Crippen molar-refractivity contribution in [1.82, 2.24) is 10.9 Å². The molecule has 2 N–H and O–H groups in total. The number of hydrogen-bond donors (Lipinski definition) is 2. The summed E-state index contributed by atoms with van der Waals surface area (Å²) in [7, 11) is 0. The Kier molecular flexibility index (Phi) is 5.50. The van der Waals surface area contributed by atoms with Crippen LogP contribution in [0.25, 0.3) is 0 Å². The number of carbonyl (C=O) groups excluding carboxylic acids is 2. The fourth-order valence-electron chi connectivity index (χ4n) is 2.60. The first-order valence-electron chi connectivity index (χ1n) is 7.57. The topological polar surface area (TPSA) is 58.2 Å². The summed E-state index contributed by atoms with van der Waals surface area (Å²) in [6.07, 6.45) is 5.34. The molecule has 0 aliphatic heterocycles. The number of amides is 2. The van der Waals surface area contributed by atoms with Gasteiger partial charge in [0.1, 0.15) is 0 Å². The summed E-state index contributed by atoms with van der Waals surface area (Å²) >= 11 is 6.64. The van der Waals surface area contributed by atoms with Crippen LogP contribution in [0.5, 0.6) is 0 Å². The van der Waals surface area contributed by atoms with Crippen LogP contribution in [0, 0.1) is 0 Å². The molecule has 2 amide bonds. The predicted molar refractivity (Wildman–Crippen MR) is 96.9 cm³/mol. The number of hydrogen-bond acceptors (Lipinski definition) is 4. The highest BCUT2D eigenvalue weighted by molar-refractivity contribution is 9.11. The fourth-order valence-corrected chi connectivity index (χ4v) is 5.27. The molecule has 2 aromatic heterocycles. The third-order valence-electron chi connectivity index (χ3n) is 3.74. The van der Waals surface area contributed by atoms with E-state index in [1.54, 1.807) is 11.3 Å². The molecule has 0 radical (unpaired) electrons. The van der Waals surface area contributed by atoms with Crippen molar-refractivity contribution in [1.29, 1.82) is 0 Å². The zero-order chi connectivity index (χ0) is 16.2. The second kappa shape index (κ2) is 7.59. The van der Waals surface area contributed by atoms with E-state index in [1.807, 2.05) is 12.1 Å². The van der Waals surface area contributed by atoms with E-state index < -0.39 is 0 Å². The van der Waals surface area contributed by atoms with E-state index in [0.717, 1.165) is 29.5 Å². The molecule has 2 aromatic rings. The monoisotopic (exact) mass is 412 g/mol. The zero-order valence-corrected chi connectivity index (χ0v) is 15.7. The second-order valence-electron chi connectivity index (χ2n) is 5.47. The summed E-state index contributed by atoms with van der Waals surface area (Å²) in [6, 6.07) is 6.02. The Hall–Kier alpha value is -1.18. The van der Waals surface area contributed by atoms with Crippen LogP contribution in [0.15, 0.2) is 22.0 Å². The zero-order valence-electron chi connectivity index (χ0n) is 12.5. The number of thiophene rings is 2. The number of nitrogens with one attached hydrogen (secondary N) is 2. The number of carbonyl (C=O) groups is 2. The molecule has 0 bridgehead atoms. The number of hydrazine groups is 1. The summed E-state index contributed by atoms with van der Waals surface area (Å²) in [5, 5.41) is 0. The van der Waals surface area contributed by atoms with Gasteiger partial charge in [-0.25, -0.2) is 0 Å². The number of halogens is 1. The van der Waals surface area contributed by atoms with Gasteiger partial charge in [-0.15, -0.1) is 22.7 Å². The van der Waals surface area contributed by atoms with Gasteiger partial charge >= 0.3 is 0 Å². The van der Waals surface area contributed by atoms with Gasteiger partial charge in [-0.2, -0.15) is 0 Å². The lowest BCUT2D eigenvalue weighted by Gasteiger charge is -2.06. The largest absolute Gasteiger partial charge is 0.279 e. The molecule has 7 heteroatoms. The maximum absolute atomic E-state index is 12.0. The number of rotatable bonds is 5. The predicted octanol–water partition coefficient (Wildman–Crippen LogP) is 3.84. The van der Waals surface area contributed by atoms with Gasteiger partial charge in [0.05, 0.1) is 8.66 Å². The molecule has 0 saturated heterocycles. The Bertz CT molecular complexity index is 702. The van der Waals surface area contributed by atoms with Gasteiger partial charge in [0, 0.05) is 16.2 Å². The Balaban J connectivity index is 1.39. The first kappa shape index (κ1) is 16.7. The van der Waals surface area contributed by atoms with Crippen molar-refractivity contribution in [2.75, 3.05) is 0 Å². The standard InChI is InChI=1S/C16H17BrN2O2S2/c17-14-8-7-11(22-14)4-2-6-15(20)18-19-16(21)13-9-10-3-1-5-12(10)23-13/h7-9H,1-6H2,(H,18,20)(H,19,21). The molecule has 1 aliphatic carbocycles. The highest BCUT2D eigenvalue weighted by atomic mass is 79.9. The van der Waals surface area contributed by atoms with Gasteiger partial charge in [-0.3, -0.25) is 20.4 Å². The third-order valence-corrected chi connectivity index (χ3v) is 6.66. The van der Waals surface area contributed by atoms with Crippen LogP contribution in [-0.2, 0) is 24.1 Å². The van der Waals surface area contributed by atoms with Crippen molar-refractivity contribution in [3.8, 4) is 0 Å². The van der Waals surface area contributed by atoms with Crippen LogP contribution in [-0.4, -0.2) is 11.8 Å². The van der Waals surface area contributed by atoms with Crippen LogP contribution in [0.1, 0.15) is 44.3 Å². The Morgan fingerprint density at radius 3 is 2.78 bits per heavy atom. The Morgan fingerprint density at radius 1 is 1.17 bits per heavy atom. The third kappa shape index (κ3) is 4.43. The minimum atomic E-state index is -0.222. The van der Waals surface area contributed by atoms with Crippen molar-refractivity contribution in [2.45, 2.75) is 38.5 Å². The van der Waals surface area contributed by atoms with Gasteiger partial charge in [0.2, 0.25) is 5.91 Å². The molecule has 0 fully saturated rings. The maximum Gasteiger partial charge on any atom is 0.279 e. The molecule has 23 heavy (non-hydrogen) atoms. The fraction of sp³-hybridized carbons (Fsp3) is 0.375. The molecular formula is C16H17BrN2O2S2. The van der Waals surface area contributed by atoms with Crippen molar-refractivity contribution < 1.29 is 9.59 Å². The molecule has 1 aliphatic rings. The summed E-state index contributed by atoms with van der Waals surface area (Å²) in [6.45, 7) is 0. The average molecular weight is 413 g/mol. The Morgan fingerprint density at radius 2 is 2.04 bits per heavy atom. The van der Waals surface area contributed by atoms with Gasteiger partial charge < -0.3 is 0 Å². The van der Waals surface area contributed by atoms with E-state index >= 15 is 0 Å². The average Bonchev–Trinajstić information content (AvgIpc) is 3.20. The van der Waals surface area contributed by atoms with E-state index in [9.17, 15) is 9.59 Å². The highest BCUT2D eigenvalue weighted by Gasteiger charge is 2.18. The smallest absolute Gasteiger partial charge is 0.273 e. The minimum Gasteiger partial charge on any atom is -0.273 e. The van der Waals surface area contributed by atoms with E-state index in [2.05, 4.69) is 32.8 Å². The summed E-state index contributed by atoms with van der Waals surface area (Å²) in [5.41, 5.74) is 6.29. The molecule has 0 saturated carbocycles. The van der Waals surface area contributed by atoms with E-state index in [-0.39, 0.29) is 11.8 Å². The van der Waals surface area contributed by atoms with Crippen LogP contribution in [0.4, 0.5) is 0 Å². The van der Waals surface area contributed by atoms with Crippen molar-refractivity contribution in [2.24, 2.45) is 0 Å². The lowest BCUT2D eigenvalue weighted by Crippen LogP contribution is -2.41. The SMILES string of the molecule is O=C(CCCc1ccc(Br)s1)NNC(=O)c1cc2c(s1)CCC2. The molecule has 0 aromatic carbocycles. The minimum absolute atomic E-state index is 0.155. The lowest BCUT2D eigenvalue weighted by atomic mass is 10.2. The summed E-state index contributed by atoms with van der Waals surface area (Å²) in [5.74, 6) is -0.377. The quantitative estimate of drug-likeness (QED) is 0.732. The van der Waals surface area contributed by atoms with Gasteiger partial charge in [0.15, 0.2) is 0 Å². The first-order valence-corrected chi connectivity index (χ1v) is 9.99. The molecule has 4 nitrogen and oxygen atoms in total. The highest BCUT2D eigenvalue weighted by Crippen LogP contribution is 2.30. The van der Waals surface area contributed by atoms with E-state index in [1.165, 1.54) is 33.1 Å². The van der Waals surface area contributed by atoms with Gasteiger partial charge in [-0.05, 0) is 71.8 Å². The van der Waals surface area contributed by atoms with E-state index in [0.29, 0.717) is 11.3 Å². The van der Waals surface area contributed by atoms with E-state index in [4.69, 9.17) is 0 Å². The summed E-state index contributed by atoms with van der Waals surface area (Å²) < 4.78 is 1.10. The summed E-state index contributed by atoms with van der Waals surface area (Å²) in [4.78, 5) is 27.1. The van der Waals surface area contributed by atoms with Crippen LogP contribution in [0.2, 0.25) is 0 Å². The molecular weight excluding hydrogens is 396 g/mol. The molecule has 0 spiro atoms. The second-order valence-corrected chi connectivity index (χ2v) is 9.16. The first-order chi connectivity index (χ1) is 11.1. The lowest BCUT2D eigenvalue weighted by molar-refractivity contribution is -0.121. The number of aryl methyl sites for hydroxylation is 3. The van der Waals surface area contributed by atoms with Crippen molar-refractivity contribution in [3.05, 3.63) is 42.2 Å². The van der Waals surface area contributed by atoms with Crippen molar-refractivity contribution >= 4 is 50.4 Å². The molecule has 122 valence electrons. The molecule has 2 heterocycles.